The molecule has 0 saturated heterocycles. The van der Waals surface area contributed by atoms with Crippen LogP contribution in [0.5, 0.6) is 0 Å². The SMILES string of the molecule is Brc1cc2c(s1)CCN(Cc1ccccc1)C2. The molecule has 0 radical (unpaired) electrons. The first-order valence-corrected chi connectivity index (χ1v) is 7.45. The molecular weight excluding hydrogens is 294 g/mol. The van der Waals surface area contributed by atoms with Gasteiger partial charge in [0.2, 0.25) is 0 Å². The Morgan fingerprint density at radius 1 is 1.24 bits per heavy atom. The Kier molecular flexibility index (Phi) is 3.32. The molecule has 0 amide bonds. The number of hydrogen-bond acceptors (Lipinski definition) is 2. The van der Waals surface area contributed by atoms with Gasteiger partial charge >= 0.3 is 0 Å². The van der Waals surface area contributed by atoms with Gasteiger partial charge in [-0.05, 0) is 39.5 Å². The second kappa shape index (κ2) is 4.92. The quantitative estimate of drug-likeness (QED) is 0.808. The molecule has 3 rings (SSSR count). The van der Waals surface area contributed by atoms with E-state index in [1.165, 1.54) is 27.9 Å². The predicted octanol–water partition coefficient (Wildman–Crippen LogP) is 4.07. The van der Waals surface area contributed by atoms with Gasteiger partial charge in [0.05, 0.1) is 3.79 Å². The van der Waals surface area contributed by atoms with Crippen LogP contribution in [0.4, 0.5) is 0 Å². The largest absolute Gasteiger partial charge is 0.294 e. The van der Waals surface area contributed by atoms with E-state index in [4.69, 9.17) is 0 Å². The lowest BCUT2D eigenvalue weighted by Gasteiger charge is -2.26. The molecule has 0 spiro atoms. The maximum Gasteiger partial charge on any atom is 0.0704 e. The van der Waals surface area contributed by atoms with Gasteiger partial charge in [-0.2, -0.15) is 0 Å². The van der Waals surface area contributed by atoms with Crippen molar-refractivity contribution in [1.82, 2.24) is 4.90 Å². The molecule has 0 unspecified atom stereocenters. The molecule has 0 N–H and O–H groups in total. The molecule has 0 atom stereocenters. The Bertz CT molecular complexity index is 506. The highest BCUT2D eigenvalue weighted by atomic mass is 79.9. The lowest BCUT2D eigenvalue weighted by Crippen LogP contribution is -2.29. The second-order valence-electron chi connectivity index (χ2n) is 4.45. The zero-order chi connectivity index (χ0) is 11.7. The molecule has 17 heavy (non-hydrogen) atoms. The third-order valence-corrected chi connectivity index (χ3v) is 4.90. The minimum atomic E-state index is 1.06. The molecule has 2 heterocycles. The van der Waals surface area contributed by atoms with Crippen LogP contribution in [0.15, 0.2) is 40.2 Å². The summed E-state index contributed by atoms with van der Waals surface area (Å²) >= 11 is 5.47. The number of halogens is 1. The van der Waals surface area contributed by atoms with E-state index in [1.54, 1.807) is 4.88 Å². The Hall–Kier alpha value is -0.640. The summed E-state index contributed by atoms with van der Waals surface area (Å²) in [6, 6.07) is 13.0. The van der Waals surface area contributed by atoms with Crippen LogP contribution in [0.1, 0.15) is 16.0 Å². The Morgan fingerprint density at radius 3 is 2.88 bits per heavy atom. The van der Waals surface area contributed by atoms with Crippen molar-refractivity contribution in [1.29, 1.82) is 0 Å². The van der Waals surface area contributed by atoms with Gasteiger partial charge in [0.25, 0.3) is 0 Å². The van der Waals surface area contributed by atoms with Crippen molar-refractivity contribution in [2.45, 2.75) is 19.5 Å². The number of nitrogens with zero attached hydrogens (tertiary/aromatic N) is 1. The minimum Gasteiger partial charge on any atom is -0.294 e. The first kappa shape index (κ1) is 11.5. The summed E-state index contributed by atoms with van der Waals surface area (Å²) in [5.74, 6) is 0. The smallest absolute Gasteiger partial charge is 0.0704 e. The van der Waals surface area contributed by atoms with Crippen LogP contribution in [0.3, 0.4) is 0 Å². The second-order valence-corrected chi connectivity index (χ2v) is 6.96. The predicted molar refractivity (Wildman–Crippen MR) is 76.3 cm³/mol. The maximum absolute atomic E-state index is 3.58. The fraction of sp³-hybridized carbons (Fsp3) is 0.286. The summed E-state index contributed by atoms with van der Waals surface area (Å²) in [6.45, 7) is 3.33. The summed E-state index contributed by atoms with van der Waals surface area (Å²) in [4.78, 5) is 4.08. The lowest BCUT2D eigenvalue weighted by atomic mass is 10.1. The molecule has 3 heteroatoms. The first-order valence-electron chi connectivity index (χ1n) is 5.84. The molecule has 1 nitrogen and oxygen atoms in total. The molecule has 1 aromatic heterocycles. The van der Waals surface area contributed by atoms with E-state index in [0.717, 1.165) is 13.1 Å². The molecule has 1 aliphatic heterocycles. The molecule has 0 fully saturated rings. The zero-order valence-electron chi connectivity index (χ0n) is 9.53. The highest BCUT2D eigenvalue weighted by Crippen LogP contribution is 2.31. The van der Waals surface area contributed by atoms with Crippen LogP contribution in [0.25, 0.3) is 0 Å². The molecule has 1 aliphatic rings. The van der Waals surface area contributed by atoms with E-state index in [2.05, 4.69) is 57.2 Å². The number of hydrogen-bond donors (Lipinski definition) is 0. The van der Waals surface area contributed by atoms with Gasteiger partial charge in [0.15, 0.2) is 0 Å². The van der Waals surface area contributed by atoms with Crippen LogP contribution in [0, 0.1) is 0 Å². The first-order chi connectivity index (χ1) is 8.31. The summed E-state index contributed by atoms with van der Waals surface area (Å²) in [5.41, 5.74) is 2.91. The van der Waals surface area contributed by atoms with Gasteiger partial charge in [-0.3, -0.25) is 4.90 Å². The van der Waals surface area contributed by atoms with Gasteiger partial charge in [0, 0.05) is 24.5 Å². The topological polar surface area (TPSA) is 3.24 Å². The van der Waals surface area contributed by atoms with E-state index < -0.39 is 0 Å². The van der Waals surface area contributed by atoms with E-state index in [0.29, 0.717) is 0 Å². The molecule has 0 saturated carbocycles. The third kappa shape index (κ3) is 2.62. The van der Waals surface area contributed by atoms with Crippen LogP contribution in [0.2, 0.25) is 0 Å². The third-order valence-electron chi connectivity index (χ3n) is 3.16. The fourth-order valence-electron chi connectivity index (χ4n) is 2.33. The molecule has 2 aromatic rings. The molecular formula is C14H14BrNS. The zero-order valence-corrected chi connectivity index (χ0v) is 11.9. The summed E-state index contributed by atoms with van der Waals surface area (Å²) < 4.78 is 1.27. The van der Waals surface area contributed by atoms with E-state index in [1.807, 2.05) is 11.3 Å². The normalized spacial score (nSPS) is 15.8. The fourth-order valence-corrected chi connectivity index (χ4v) is 4.08. The number of fused-ring (bicyclic) bond motifs is 1. The van der Waals surface area contributed by atoms with Gasteiger partial charge in [-0.25, -0.2) is 0 Å². The molecule has 0 aliphatic carbocycles. The maximum atomic E-state index is 3.58. The van der Waals surface area contributed by atoms with Crippen molar-refractivity contribution in [3.63, 3.8) is 0 Å². The van der Waals surface area contributed by atoms with E-state index in [-0.39, 0.29) is 0 Å². The highest BCUT2D eigenvalue weighted by Gasteiger charge is 2.18. The van der Waals surface area contributed by atoms with E-state index in [9.17, 15) is 0 Å². The lowest BCUT2D eigenvalue weighted by molar-refractivity contribution is 0.247. The van der Waals surface area contributed by atoms with Crippen molar-refractivity contribution in [3.8, 4) is 0 Å². The monoisotopic (exact) mass is 307 g/mol. The Labute approximate surface area is 114 Å². The Morgan fingerprint density at radius 2 is 2.06 bits per heavy atom. The van der Waals surface area contributed by atoms with Gasteiger partial charge in [0.1, 0.15) is 0 Å². The highest BCUT2D eigenvalue weighted by molar-refractivity contribution is 9.11. The standard InChI is InChI=1S/C14H14BrNS/c15-14-8-12-10-16(7-6-13(12)17-14)9-11-4-2-1-3-5-11/h1-5,8H,6-7,9-10H2. The van der Waals surface area contributed by atoms with Gasteiger partial charge in [-0.15, -0.1) is 11.3 Å². The van der Waals surface area contributed by atoms with Crippen molar-refractivity contribution in [2.75, 3.05) is 6.54 Å². The molecule has 88 valence electrons. The van der Waals surface area contributed by atoms with Crippen LogP contribution < -0.4 is 0 Å². The number of rotatable bonds is 2. The minimum absolute atomic E-state index is 1.06. The number of benzene rings is 1. The van der Waals surface area contributed by atoms with Crippen LogP contribution in [-0.4, -0.2) is 11.4 Å². The van der Waals surface area contributed by atoms with Gasteiger partial charge in [-0.1, -0.05) is 30.3 Å². The van der Waals surface area contributed by atoms with Crippen molar-refractivity contribution in [2.24, 2.45) is 0 Å². The number of thiophene rings is 1. The Balaban J connectivity index is 1.72. The summed E-state index contributed by atoms with van der Waals surface area (Å²) in [6.07, 6.45) is 1.19. The average Bonchev–Trinajstić information content (AvgIpc) is 2.70. The molecule has 1 aromatic carbocycles. The van der Waals surface area contributed by atoms with Crippen molar-refractivity contribution in [3.05, 3.63) is 56.2 Å². The molecule has 0 bridgehead atoms. The summed E-state index contributed by atoms with van der Waals surface area (Å²) in [5, 5.41) is 0. The van der Waals surface area contributed by atoms with Gasteiger partial charge < -0.3 is 0 Å². The summed E-state index contributed by atoms with van der Waals surface area (Å²) in [7, 11) is 0. The van der Waals surface area contributed by atoms with Crippen molar-refractivity contribution < 1.29 is 0 Å². The van der Waals surface area contributed by atoms with Crippen LogP contribution in [-0.2, 0) is 19.5 Å². The average molecular weight is 308 g/mol. The van der Waals surface area contributed by atoms with E-state index >= 15 is 0 Å². The van der Waals surface area contributed by atoms with Crippen LogP contribution >= 0.6 is 27.3 Å². The van der Waals surface area contributed by atoms with Crippen molar-refractivity contribution >= 4 is 27.3 Å².